The predicted molar refractivity (Wildman–Crippen MR) is 126 cm³/mol. The van der Waals surface area contributed by atoms with Gasteiger partial charge in [-0.3, -0.25) is 29.8 Å². The maximum atomic E-state index is 12.8. The van der Waals surface area contributed by atoms with E-state index in [2.05, 4.69) is 0 Å². The fraction of sp³-hybridized carbons (Fsp3) is 0. The second-order valence-electron chi connectivity index (χ2n) is 7.42. The molecule has 0 atom stereocenters. The second-order valence-corrected chi connectivity index (χ2v) is 7.42. The van der Waals surface area contributed by atoms with Crippen molar-refractivity contribution >= 4 is 22.9 Å². The number of rotatable bonds is 8. The number of benzene rings is 4. The molecule has 0 fully saturated rings. The normalized spacial score (nSPS) is 10.1. The van der Waals surface area contributed by atoms with Gasteiger partial charge in [-0.2, -0.15) is 0 Å². The molecule has 182 valence electrons. The minimum Gasteiger partial charge on any atom is -0.457 e. The number of carbonyl (C=O) groups is 2. The number of ketones is 2. The summed E-state index contributed by atoms with van der Waals surface area (Å²) >= 11 is 0. The van der Waals surface area contributed by atoms with Gasteiger partial charge in [-0.1, -0.05) is 24.3 Å². The first kappa shape index (κ1) is 26.1. The average Bonchev–Trinajstić information content (AvgIpc) is 2.88. The van der Waals surface area contributed by atoms with Crippen molar-refractivity contribution in [3.63, 3.8) is 0 Å². The van der Waals surface area contributed by atoms with Crippen LogP contribution in [0.15, 0.2) is 97.1 Å². The third-order valence-electron chi connectivity index (χ3n) is 5.11. The van der Waals surface area contributed by atoms with E-state index in [0.717, 1.165) is 0 Å². The summed E-state index contributed by atoms with van der Waals surface area (Å²) in [7, 11) is 0. The molecule has 0 aliphatic heterocycles. The summed E-state index contributed by atoms with van der Waals surface area (Å²) in [6.45, 7) is 0. The third-order valence-corrected chi connectivity index (χ3v) is 5.11. The van der Waals surface area contributed by atoms with Crippen LogP contribution >= 0.6 is 0 Å². The van der Waals surface area contributed by atoms with E-state index < -0.39 is 9.85 Å². The van der Waals surface area contributed by atoms with Gasteiger partial charge in [-0.25, -0.2) is 0 Å². The Balaban J connectivity index is 0.00000361. The van der Waals surface area contributed by atoms with Gasteiger partial charge in [0.15, 0.2) is 11.6 Å². The predicted octanol–water partition coefficient (Wildman–Crippen LogP) is 5.75. The van der Waals surface area contributed by atoms with Crippen molar-refractivity contribution in [2.75, 3.05) is 0 Å². The number of hydrogen-bond donors (Lipinski definition) is 0. The Kier molecular flexibility index (Phi) is 8.17. The molecule has 0 aromatic heterocycles. The van der Waals surface area contributed by atoms with Crippen molar-refractivity contribution in [1.29, 1.82) is 0 Å². The Bertz CT molecular complexity index is 1340. The van der Waals surface area contributed by atoms with Crippen molar-refractivity contribution in [2.45, 2.75) is 0 Å². The average molecular weight is 575 g/mol. The Morgan fingerprint density at radius 1 is 0.556 bits per heavy atom. The molecule has 36 heavy (non-hydrogen) atoms. The standard InChI is InChI=1S/C26H16N2O7.Pd/c29-25(17-7-11-21(12-8-17)27(31)32)19-3-1-5-23(15-19)35-24-6-2-4-20(16-24)26(30)18-9-13-22(14-10-18)28(33)34;/h1-16H;. The Labute approximate surface area is 218 Å². The summed E-state index contributed by atoms with van der Waals surface area (Å²) in [5.41, 5.74) is 1.03. The first-order chi connectivity index (χ1) is 16.8. The van der Waals surface area contributed by atoms with Crippen LogP contribution in [0.3, 0.4) is 0 Å². The van der Waals surface area contributed by atoms with Gasteiger partial charge >= 0.3 is 0 Å². The SMILES string of the molecule is O=C(c1ccc([N+](=O)[O-])cc1)c1cccc(Oc2cccc(C(=O)c3ccc([N+](=O)[O-])cc3)c2)c1.[Pd]. The van der Waals surface area contributed by atoms with E-state index in [0.29, 0.717) is 33.8 Å². The van der Waals surface area contributed by atoms with E-state index in [-0.39, 0.29) is 43.4 Å². The van der Waals surface area contributed by atoms with Crippen LogP contribution in [0.5, 0.6) is 11.5 Å². The number of nitro benzene ring substituents is 2. The topological polar surface area (TPSA) is 130 Å². The van der Waals surface area contributed by atoms with E-state index in [9.17, 15) is 29.8 Å². The van der Waals surface area contributed by atoms with Crippen molar-refractivity contribution in [3.05, 3.63) is 140 Å². The van der Waals surface area contributed by atoms with Crippen molar-refractivity contribution in [1.82, 2.24) is 0 Å². The molecule has 0 saturated carbocycles. The maximum Gasteiger partial charge on any atom is 0.269 e. The first-order valence-corrected chi connectivity index (χ1v) is 10.3. The van der Waals surface area contributed by atoms with Crippen LogP contribution in [0, 0.1) is 20.2 Å². The molecular weight excluding hydrogens is 559 g/mol. The molecule has 0 unspecified atom stereocenters. The van der Waals surface area contributed by atoms with Crippen LogP contribution in [-0.4, -0.2) is 21.4 Å². The van der Waals surface area contributed by atoms with E-state index in [1.807, 2.05) is 0 Å². The maximum absolute atomic E-state index is 12.8. The van der Waals surface area contributed by atoms with Crippen LogP contribution < -0.4 is 4.74 Å². The van der Waals surface area contributed by atoms with Gasteiger partial charge in [0, 0.05) is 66.9 Å². The molecule has 0 amide bonds. The molecule has 4 rings (SSSR count). The number of non-ortho nitro benzene ring substituents is 2. The monoisotopic (exact) mass is 574 g/mol. The quantitative estimate of drug-likeness (QED) is 0.113. The number of nitrogens with zero attached hydrogens (tertiary/aromatic N) is 2. The largest absolute Gasteiger partial charge is 0.457 e. The van der Waals surface area contributed by atoms with Gasteiger partial charge in [0.1, 0.15) is 11.5 Å². The molecule has 9 nitrogen and oxygen atoms in total. The summed E-state index contributed by atoms with van der Waals surface area (Å²) in [5, 5.41) is 21.6. The number of carbonyl (C=O) groups excluding carboxylic acids is 2. The molecule has 0 saturated heterocycles. The van der Waals surface area contributed by atoms with E-state index in [4.69, 9.17) is 4.74 Å². The Morgan fingerprint density at radius 2 is 0.917 bits per heavy atom. The molecule has 0 bridgehead atoms. The molecule has 4 aromatic rings. The smallest absolute Gasteiger partial charge is 0.269 e. The van der Waals surface area contributed by atoms with Crippen LogP contribution in [-0.2, 0) is 20.4 Å². The van der Waals surface area contributed by atoms with Crippen molar-refractivity contribution in [3.8, 4) is 11.5 Å². The number of ether oxygens (including phenoxy) is 1. The molecule has 10 heteroatoms. The summed E-state index contributed by atoms with van der Waals surface area (Å²) in [5.74, 6) is 0.0651. The molecule has 4 aromatic carbocycles. The summed E-state index contributed by atoms with van der Waals surface area (Å²) < 4.78 is 5.85. The van der Waals surface area contributed by atoms with Crippen LogP contribution in [0.1, 0.15) is 31.8 Å². The van der Waals surface area contributed by atoms with Crippen molar-refractivity contribution in [2.24, 2.45) is 0 Å². The van der Waals surface area contributed by atoms with Crippen LogP contribution in [0.25, 0.3) is 0 Å². The molecule has 0 spiro atoms. The molecule has 0 N–H and O–H groups in total. The van der Waals surface area contributed by atoms with Crippen LogP contribution in [0.4, 0.5) is 11.4 Å². The van der Waals surface area contributed by atoms with Crippen LogP contribution in [0.2, 0.25) is 0 Å². The number of hydrogen-bond acceptors (Lipinski definition) is 7. The van der Waals surface area contributed by atoms with Gasteiger partial charge in [-0.15, -0.1) is 0 Å². The van der Waals surface area contributed by atoms with Crippen molar-refractivity contribution < 1.29 is 44.6 Å². The molecule has 0 aliphatic rings. The Morgan fingerprint density at radius 3 is 1.25 bits per heavy atom. The summed E-state index contributed by atoms with van der Waals surface area (Å²) in [4.78, 5) is 46.1. The van der Waals surface area contributed by atoms with E-state index >= 15 is 0 Å². The molecule has 0 heterocycles. The van der Waals surface area contributed by atoms with E-state index in [1.54, 1.807) is 36.4 Å². The Hall–Kier alpha value is -4.52. The van der Waals surface area contributed by atoms with Gasteiger partial charge in [0.05, 0.1) is 9.85 Å². The second kappa shape index (κ2) is 11.3. The molecular formula is C26H16N2O7Pd. The fourth-order valence-electron chi connectivity index (χ4n) is 3.34. The zero-order valence-electron chi connectivity index (χ0n) is 18.3. The third kappa shape index (κ3) is 5.93. The number of nitro groups is 2. The van der Waals surface area contributed by atoms with Gasteiger partial charge in [0.25, 0.3) is 11.4 Å². The summed E-state index contributed by atoms with van der Waals surface area (Å²) in [6.07, 6.45) is 0. The molecule has 0 aliphatic carbocycles. The summed E-state index contributed by atoms with van der Waals surface area (Å²) in [6, 6.07) is 23.5. The minimum absolute atomic E-state index is 0. The zero-order chi connectivity index (χ0) is 24.9. The van der Waals surface area contributed by atoms with Gasteiger partial charge < -0.3 is 4.74 Å². The fourth-order valence-corrected chi connectivity index (χ4v) is 3.34. The first-order valence-electron chi connectivity index (χ1n) is 10.3. The minimum atomic E-state index is -0.538. The van der Waals surface area contributed by atoms with Gasteiger partial charge in [-0.05, 0) is 48.5 Å². The zero-order valence-corrected chi connectivity index (χ0v) is 19.9. The molecule has 0 radical (unpaired) electrons. The van der Waals surface area contributed by atoms with E-state index in [1.165, 1.54) is 60.7 Å². The van der Waals surface area contributed by atoms with Gasteiger partial charge in [0.2, 0.25) is 0 Å².